The van der Waals surface area contributed by atoms with E-state index in [-0.39, 0.29) is 25.3 Å². The Balaban J connectivity index is 1.54. The van der Waals surface area contributed by atoms with E-state index in [9.17, 15) is 18.0 Å². The second kappa shape index (κ2) is 8.19. The summed E-state index contributed by atoms with van der Waals surface area (Å²) in [6.45, 7) is 1.89. The molecule has 0 aliphatic carbocycles. The highest BCUT2D eigenvalue weighted by atomic mass is 19.4. The van der Waals surface area contributed by atoms with Gasteiger partial charge in [-0.05, 0) is 37.6 Å². The number of alkyl halides is 3. The van der Waals surface area contributed by atoms with E-state index in [0.717, 1.165) is 11.3 Å². The molecule has 1 aliphatic rings. The highest BCUT2D eigenvalue weighted by Crippen LogP contribution is 2.46. The number of carbonyl (C=O) groups excluding carboxylic acids is 1. The third kappa shape index (κ3) is 4.20. The molecule has 1 N–H and O–H groups in total. The van der Waals surface area contributed by atoms with Gasteiger partial charge in [0.05, 0.1) is 5.69 Å². The van der Waals surface area contributed by atoms with Gasteiger partial charge in [-0.2, -0.15) is 13.2 Å². The number of hydrogen-bond acceptors (Lipinski definition) is 3. The Kier molecular flexibility index (Phi) is 5.58. The second-order valence-electron chi connectivity index (χ2n) is 7.92. The third-order valence-electron chi connectivity index (χ3n) is 5.72. The normalized spacial score (nSPS) is 19.5. The summed E-state index contributed by atoms with van der Waals surface area (Å²) in [6.07, 6.45) is -3.27. The lowest BCUT2D eigenvalue weighted by atomic mass is 9.85. The average molecular weight is 428 g/mol. The summed E-state index contributed by atoms with van der Waals surface area (Å²) in [7, 11) is 0. The summed E-state index contributed by atoms with van der Waals surface area (Å²) in [5.41, 5.74) is -0.205. The topological polar surface area (TPSA) is 50.2 Å². The fourth-order valence-corrected chi connectivity index (χ4v) is 3.93. The van der Waals surface area contributed by atoms with Crippen LogP contribution in [0.3, 0.4) is 0 Å². The fourth-order valence-electron chi connectivity index (χ4n) is 3.93. The summed E-state index contributed by atoms with van der Waals surface area (Å²) in [5.74, 6) is -0.920. The summed E-state index contributed by atoms with van der Waals surface area (Å²) in [5, 5.41) is 6.75. The first kappa shape index (κ1) is 21.1. The molecule has 1 fully saturated rings. The quantitative estimate of drug-likeness (QED) is 0.648. The Morgan fingerprint density at radius 1 is 1.10 bits per heavy atom. The molecule has 8 heteroatoms. The van der Waals surface area contributed by atoms with Crippen molar-refractivity contribution in [2.45, 2.75) is 26.1 Å². The lowest BCUT2D eigenvalue weighted by Gasteiger charge is -2.30. The first-order chi connectivity index (χ1) is 14.8. The number of halogens is 3. The molecule has 162 valence electrons. The molecule has 1 atom stereocenters. The van der Waals surface area contributed by atoms with Gasteiger partial charge < -0.3 is 5.32 Å². The molecule has 4 rings (SSSR count). The van der Waals surface area contributed by atoms with Crippen LogP contribution in [-0.4, -0.2) is 39.9 Å². The van der Waals surface area contributed by atoms with Gasteiger partial charge in [0.25, 0.3) is 0 Å². The van der Waals surface area contributed by atoms with E-state index in [4.69, 9.17) is 0 Å². The van der Waals surface area contributed by atoms with Gasteiger partial charge in [0.2, 0.25) is 5.91 Å². The number of rotatable bonds is 5. The average Bonchev–Trinajstić information content (AvgIpc) is 3.34. The number of nitrogens with zero attached hydrogens (tertiary/aromatic N) is 3. The number of nitrogens with one attached hydrogen (secondary N) is 1. The molecule has 0 bridgehead atoms. The van der Waals surface area contributed by atoms with Crippen LogP contribution in [0, 0.1) is 12.3 Å². The molecule has 2 heterocycles. The summed E-state index contributed by atoms with van der Waals surface area (Å²) in [4.78, 5) is 14.7. The van der Waals surface area contributed by atoms with Crippen molar-refractivity contribution >= 4 is 11.7 Å². The van der Waals surface area contributed by atoms with Crippen molar-refractivity contribution in [1.29, 1.82) is 0 Å². The van der Waals surface area contributed by atoms with Crippen LogP contribution >= 0.6 is 0 Å². The lowest BCUT2D eigenvalue weighted by molar-refractivity contribution is -0.215. The molecular formula is C23H23F3N4O. The maximum absolute atomic E-state index is 14.1. The molecular weight excluding hydrogens is 405 g/mol. The molecule has 1 amide bonds. The molecule has 1 aromatic heterocycles. The van der Waals surface area contributed by atoms with Crippen LogP contribution in [0.25, 0.3) is 5.69 Å². The maximum atomic E-state index is 14.1. The van der Waals surface area contributed by atoms with E-state index in [1.54, 1.807) is 22.7 Å². The van der Waals surface area contributed by atoms with Crippen molar-refractivity contribution < 1.29 is 18.0 Å². The van der Waals surface area contributed by atoms with Gasteiger partial charge in [-0.15, -0.1) is 5.10 Å². The van der Waals surface area contributed by atoms with Gasteiger partial charge in [0.1, 0.15) is 0 Å². The Hall–Kier alpha value is -3.13. The predicted octanol–water partition coefficient (Wildman–Crippen LogP) is 4.57. The zero-order chi connectivity index (χ0) is 22.1. The van der Waals surface area contributed by atoms with Gasteiger partial charge in [-0.25, -0.2) is 4.68 Å². The number of para-hydroxylation sites is 1. The minimum atomic E-state index is -4.67. The summed E-state index contributed by atoms with van der Waals surface area (Å²) < 4.78 is 44.0. The highest BCUT2D eigenvalue weighted by Gasteiger charge is 2.63. The van der Waals surface area contributed by atoms with Crippen molar-refractivity contribution in [3.8, 4) is 5.69 Å². The predicted molar refractivity (Wildman–Crippen MR) is 112 cm³/mol. The number of hydrogen-bond donors (Lipinski definition) is 1. The fraction of sp³-hybridized carbons (Fsp3) is 0.304. The molecule has 2 aromatic carbocycles. The molecule has 5 nitrogen and oxygen atoms in total. The highest BCUT2D eigenvalue weighted by molar-refractivity contribution is 5.96. The van der Waals surface area contributed by atoms with Crippen molar-refractivity contribution in [3.05, 3.63) is 78.0 Å². The van der Waals surface area contributed by atoms with Crippen molar-refractivity contribution in [3.63, 3.8) is 0 Å². The number of carbonyl (C=O) groups is 1. The molecule has 31 heavy (non-hydrogen) atoms. The van der Waals surface area contributed by atoms with Crippen molar-refractivity contribution in [1.82, 2.24) is 14.7 Å². The van der Waals surface area contributed by atoms with Gasteiger partial charge >= 0.3 is 6.18 Å². The number of anilines is 1. The molecule has 0 radical (unpaired) electrons. The zero-order valence-electron chi connectivity index (χ0n) is 17.1. The van der Waals surface area contributed by atoms with E-state index >= 15 is 0 Å². The number of aromatic nitrogens is 2. The Morgan fingerprint density at radius 3 is 2.39 bits per heavy atom. The van der Waals surface area contributed by atoms with Gasteiger partial charge in [-0.3, -0.25) is 9.69 Å². The Morgan fingerprint density at radius 2 is 1.74 bits per heavy atom. The number of likely N-dealkylation sites (tertiary alicyclic amines) is 1. The maximum Gasteiger partial charge on any atom is 0.404 e. The van der Waals surface area contributed by atoms with Crippen LogP contribution in [-0.2, 0) is 11.3 Å². The van der Waals surface area contributed by atoms with E-state index in [1.807, 2.05) is 60.7 Å². The van der Waals surface area contributed by atoms with Crippen molar-refractivity contribution in [2.75, 3.05) is 18.4 Å². The standard InChI is InChI=1S/C23H23F3N4O/c1-17-14-30(19-10-6-3-7-11-19)28-20(17)27-21(31)22(23(24,25)26)12-13-29(16-22)15-18-8-4-2-5-9-18/h2-11,14H,12-13,15-16H2,1H3,(H,27,28,31). The minimum Gasteiger partial charge on any atom is -0.308 e. The van der Waals surface area contributed by atoms with Gasteiger partial charge in [0, 0.05) is 24.8 Å². The minimum absolute atomic E-state index is 0.138. The summed E-state index contributed by atoms with van der Waals surface area (Å²) in [6, 6.07) is 18.5. The number of benzene rings is 2. The van der Waals surface area contributed by atoms with E-state index in [1.165, 1.54) is 0 Å². The van der Waals surface area contributed by atoms with Crippen molar-refractivity contribution in [2.24, 2.45) is 5.41 Å². The van der Waals surface area contributed by atoms with E-state index in [2.05, 4.69) is 10.4 Å². The molecule has 1 unspecified atom stereocenters. The lowest BCUT2D eigenvalue weighted by Crippen LogP contribution is -2.50. The SMILES string of the molecule is Cc1cn(-c2ccccc2)nc1NC(=O)C1(C(F)(F)F)CCN(Cc2ccccc2)C1. The molecule has 0 spiro atoms. The number of amides is 1. The van der Waals surface area contributed by atoms with Crippen LogP contribution < -0.4 is 5.32 Å². The first-order valence-electron chi connectivity index (χ1n) is 10.0. The van der Waals surface area contributed by atoms with Crippen LogP contribution in [0.5, 0.6) is 0 Å². The molecule has 1 aliphatic heterocycles. The smallest absolute Gasteiger partial charge is 0.308 e. The van der Waals surface area contributed by atoms with E-state index < -0.39 is 17.5 Å². The number of aryl methyl sites for hydroxylation is 1. The van der Waals surface area contributed by atoms with Crippen LogP contribution in [0.4, 0.5) is 19.0 Å². The molecule has 3 aromatic rings. The molecule has 1 saturated heterocycles. The second-order valence-corrected chi connectivity index (χ2v) is 7.92. The Bertz CT molecular complexity index is 1050. The first-order valence-corrected chi connectivity index (χ1v) is 10.0. The van der Waals surface area contributed by atoms with Crippen LogP contribution in [0.2, 0.25) is 0 Å². The van der Waals surface area contributed by atoms with Crippen LogP contribution in [0.15, 0.2) is 66.9 Å². The Labute approximate surface area is 178 Å². The summed E-state index contributed by atoms with van der Waals surface area (Å²) >= 11 is 0. The van der Waals surface area contributed by atoms with Gasteiger partial charge in [-0.1, -0.05) is 48.5 Å². The zero-order valence-corrected chi connectivity index (χ0v) is 17.1. The largest absolute Gasteiger partial charge is 0.404 e. The van der Waals surface area contributed by atoms with Crippen LogP contribution in [0.1, 0.15) is 17.5 Å². The third-order valence-corrected chi connectivity index (χ3v) is 5.72. The van der Waals surface area contributed by atoms with Gasteiger partial charge in [0.15, 0.2) is 11.2 Å². The van der Waals surface area contributed by atoms with E-state index in [0.29, 0.717) is 12.1 Å². The monoisotopic (exact) mass is 428 g/mol. The molecule has 0 saturated carbocycles.